The number of alkyl halides is 3. The van der Waals surface area contributed by atoms with Gasteiger partial charge in [-0.25, -0.2) is 0 Å². The molecular weight excluding hydrogens is 595 g/mol. The lowest BCUT2D eigenvalue weighted by Gasteiger charge is -2.29. The number of hydrogen-bond donors (Lipinski definition) is 1. The van der Waals surface area contributed by atoms with E-state index in [1.54, 1.807) is 18.2 Å². The molecule has 186 valence electrons. The number of carbonyl (C=O) groups is 4. The van der Waals surface area contributed by atoms with Crippen molar-refractivity contribution in [1.82, 2.24) is 10.2 Å². The molecule has 2 atom stereocenters. The van der Waals surface area contributed by atoms with Gasteiger partial charge in [0.15, 0.2) is 0 Å². The first kappa shape index (κ1) is 25.3. The molecule has 3 aliphatic rings. The Balaban J connectivity index is 1.42. The Morgan fingerprint density at radius 1 is 1.14 bits per heavy atom. The van der Waals surface area contributed by atoms with Gasteiger partial charge in [-0.1, -0.05) is 75.0 Å². The minimum Gasteiger partial charge on any atom is -0.460 e. The second kappa shape index (κ2) is 9.17. The van der Waals surface area contributed by atoms with E-state index < -0.39 is 33.7 Å². The van der Waals surface area contributed by atoms with Gasteiger partial charge in [0.05, 0.1) is 0 Å². The molecule has 36 heavy (non-hydrogen) atoms. The Bertz CT molecular complexity index is 1340. The first-order chi connectivity index (χ1) is 17.0. The highest BCUT2D eigenvalue weighted by atomic mass is 79.9. The van der Waals surface area contributed by atoms with E-state index in [9.17, 15) is 19.2 Å². The fraction of sp³-hybridized carbons (Fsp3) is 0.280. The number of hydrogen-bond acceptors (Lipinski definition) is 5. The Morgan fingerprint density at radius 3 is 2.53 bits per heavy atom. The lowest BCUT2D eigenvalue weighted by Crippen LogP contribution is -2.52. The summed E-state index contributed by atoms with van der Waals surface area (Å²) in [5.74, 6) is -1.65. The SMILES string of the molecule is O=C1CCC(N2Cc3cc(C4=C[C@@]4(C(=O)OCC(Cl)(Cl)Cl)c4ccc(Br)cc4)ccc3C2=O)C(=O)N1. The average Bonchev–Trinajstić information content (AvgIpc) is 3.50. The Morgan fingerprint density at radius 2 is 1.86 bits per heavy atom. The first-order valence-electron chi connectivity index (χ1n) is 11.0. The molecule has 1 saturated heterocycles. The number of imide groups is 1. The van der Waals surface area contributed by atoms with Crippen LogP contribution in [0, 0.1) is 0 Å². The fourth-order valence-electron chi connectivity index (χ4n) is 4.73. The van der Waals surface area contributed by atoms with Crippen LogP contribution in [0.1, 0.15) is 39.9 Å². The molecule has 1 unspecified atom stereocenters. The van der Waals surface area contributed by atoms with Crippen LogP contribution in [0.15, 0.2) is 53.0 Å². The maximum atomic E-state index is 13.3. The second-order valence-corrected chi connectivity index (χ2v) is 12.3. The van der Waals surface area contributed by atoms with E-state index in [-0.39, 0.29) is 31.2 Å². The van der Waals surface area contributed by atoms with E-state index in [2.05, 4.69) is 21.2 Å². The highest BCUT2D eigenvalue weighted by Crippen LogP contribution is 2.54. The number of fused-ring (bicyclic) bond motifs is 1. The highest BCUT2D eigenvalue weighted by Gasteiger charge is 2.55. The van der Waals surface area contributed by atoms with E-state index in [0.717, 1.165) is 15.6 Å². The molecule has 2 heterocycles. The number of rotatable bonds is 5. The molecule has 2 aliphatic heterocycles. The van der Waals surface area contributed by atoms with Gasteiger partial charge in [0.1, 0.15) is 18.1 Å². The number of piperidine rings is 1. The lowest BCUT2D eigenvalue weighted by molar-refractivity contribution is -0.145. The Kier molecular flexibility index (Phi) is 6.44. The van der Waals surface area contributed by atoms with Gasteiger partial charge >= 0.3 is 5.97 Å². The number of benzene rings is 2. The molecule has 0 bridgehead atoms. The van der Waals surface area contributed by atoms with Crippen molar-refractivity contribution in [3.8, 4) is 0 Å². The van der Waals surface area contributed by atoms with E-state index >= 15 is 0 Å². The number of esters is 1. The summed E-state index contributed by atoms with van der Waals surface area (Å²) in [6.07, 6.45) is 2.25. The van der Waals surface area contributed by atoms with Gasteiger partial charge in [-0.15, -0.1) is 0 Å². The fourth-order valence-corrected chi connectivity index (χ4v) is 5.16. The molecule has 2 aromatic carbocycles. The van der Waals surface area contributed by atoms with Crippen LogP contribution >= 0.6 is 50.7 Å². The van der Waals surface area contributed by atoms with Crippen molar-refractivity contribution < 1.29 is 23.9 Å². The van der Waals surface area contributed by atoms with Gasteiger partial charge in [0, 0.05) is 23.0 Å². The van der Waals surface area contributed by atoms with Crippen molar-refractivity contribution in [1.29, 1.82) is 0 Å². The molecule has 0 spiro atoms. The van der Waals surface area contributed by atoms with Crippen molar-refractivity contribution >= 4 is 80.0 Å². The topological polar surface area (TPSA) is 92.8 Å². The average molecular weight is 613 g/mol. The van der Waals surface area contributed by atoms with Crippen LogP contribution in [0.5, 0.6) is 0 Å². The predicted molar refractivity (Wildman–Crippen MR) is 138 cm³/mol. The Labute approximate surface area is 229 Å². The van der Waals surface area contributed by atoms with Crippen molar-refractivity contribution in [2.24, 2.45) is 0 Å². The summed E-state index contributed by atoms with van der Waals surface area (Å²) in [6, 6.07) is 11.9. The molecule has 3 amide bonds. The van der Waals surface area contributed by atoms with Crippen molar-refractivity contribution in [2.45, 2.75) is 34.6 Å². The van der Waals surface area contributed by atoms with E-state index in [1.165, 1.54) is 4.90 Å². The van der Waals surface area contributed by atoms with Crippen molar-refractivity contribution in [3.63, 3.8) is 0 Å². The van der Waals surface area contributed by atoms with E-state index in [4.69, 9.17) is 39.5 Å². The molecule has 1 fully saturated rings. The van der Waals surface area contributed by atoms with Crippen molar-refractivity contribution in [2.75, 3.05) is 6.61 Å². The molecule has 0 aromatic heterocycles. The first-order valence-corrected chi connectivity index (χ1v) is 12.9. The Hall–Kier alpha value is -2.39. The summed E-state index contributed by atoms with van der Waals surface area (Å²) in [7, 11) is 0. The maximum absolute atomic E-state index is 13.3. The molecule has 11 heteroatoms. The smallest absolute Gasteiger partial charge is 0.325 e. The number of halogens is 4. The predicted octanol–water partition coefficient (Wildman–Crippen LogP) is 4.46. The van der Waals surface area contributed by atoms with E-state index in [1.807, 2.05) is 30.3 Å². The summed E-state index contributed by atoms with van der Waals surface area (Å²) in [5, 5.41) is 2.30. The zero-order valence-electron chi connectivity index (χ0n) is 18.5. The van der Waals surface area contributed by atoms with Crippen LogP contribution in [0.25, 0.3) is 5.57 Å². The number of nitrogens with one attached hydrogen (secondary N) is 1. The second-order valence-electron chi connectivity index (χ2n) is 8.84. The zero-order chi connectivity index (χ0) is 25.8. The van der Waals surface area contributed by atoms with Crippen LogP contribution in [-0.4, -0.2) is 45.0 Å². The van der Waals surface area contributed by atoms with Gasteiger partial charge in [-0.05, 0) is 52.9 Å². The molecule has 5 rings (SSSR count). The van der Waals surface area contributed by atoms with Crippen LogP contribution < -0.4 is 5.32 Å². The summed E-state index contributed by atoms with van der Waals surface area (Å²) in [4.78, 5) is 51.6. The highest BCUT2D eigenvalue weighted by molar-refractivity contribution is 9.10. The quantitative estimate of drug-likeness (QED) is 0.306. The third-order valence-corrected chi connectivity index (χ3v) is 7.38. The minimum atomic E-state index is -1.75. The standard InChI is InChI=1S/C25H18BrCl3N2O5/c26-16-4-2-15(3-5-16)24(23(35)36-12-25(27,28)29)10-18(24)13-1-6-17-14(9-13)11-31(22(17)34)19-7-8-20(32)30-21(19)33/h1-6,9-10,19H,7-8,11-12H2,(H,30,32,33)/t19?,24-/m1/s1. The van der Waals surface area contributed by atoms with Gasteiger partial charge in [0.25, 0.3) is 5.91 Å². The van der Waals surface area contributed by atoms with Gasteiger partial charge in [-0.2, -0.15) is 0 Å². The molecule has 2 aromatic rings. The third-order valence-electron chi connectivity index (χ3n) is 6.53. The van der Waals surface area contributed by atoms with E-state index in [0.29, 0.717) is 16.7 Å². The number of nitrogens with zero attached hydrogens (tertiary/aromatic N) is 1. The molecule has 0 radical (unpaired) electrons. The van der Waals surface area contributed by atoms with Gasteiger partial charge in [-0.3, -0.25) is 24.5 Å². The normalized spacial score (nSPS) is 23.2. The van der Waals surface area contributed by atoms with Gasteiger partial charge in [0.2, 0.25) is 15.6 Å². The van der Waals surface area contributed by atoms with Crippen LogP contribution in [0.3, 0.4) is 0 Å². The lowest BCUT2D eigenvalue weighted by atomic mass is 9.87. The maximum Gasteiger partial charge on any atom is 0.325 e. The number of amides is 3. The van der Waals surface area contributed by atoms with Crippen molar-refractivity contribution in [3.05, 3.63) is 75.3 Å². The van der Waals surface area contributed by atoms with Crippen LogP contribution in [0.4, 0.5) is 0 Å². The number of carbonyl (C=O) groups excluding carboxylic acids is 4. The summed E-state index contributed by atoms with van der Waals surface area (Å²) < 4.78 is 4.46. The summed E-state index contributed by atoms with van der Waals surface area (Å²) >= 11 is 20.8. The number of ether oxygens (including phenoxy) is 1. The monoisotopic (exact) mass is 610 g/mol. The third kappa shape index (κ3) is 4.56. The summed E-state index contributed by atoms with van der Waals surface area (Å²) in [5.41, 5.74) is 2.19. The van der Waals surface area contributed by atoms with Gasteiger partial charge < -0.3 is 9.64 Å². The molecular formula is C25H18BrCl3N2O5. The molecule has 0 saturated carbocycles. The molecule has 1 aliphatic carbocycles. The summed E-state index contributed by atoms with van der Waals surface area (Å²) in [6.45, 7) is -0.180. The van der Waals surface area contributed by atoms with Crippen LogP contribution in [-0.2, 0) is 31.1 Å². The zero-order valence-corrected chi connectivity index (χ0v) is 22.4. The molecule has 7 nitrogen and oxygen atoms in total. The molecule has 1 N–H and O–H groups in total. The largest absolute Gasteiger partial charge is 0.460 e. The minimum absolute atomic E-state index is 0.181. The van der Waals surface area contributed by atoms with Crippen LogP contribution in [0.2, 0.25) is 0 Å².